The number of fused-ring (bicyclic) bond motifs is 1. The molecule has 0 bridgehead atoms. The average Bonchev–Trinajstić information content (AvgIpc) is 2.33. The third-order valence-electron chi connectivity index (χ3n) is 1.38. The molecule has 0 aliphatic heterocycles. The molecule has 0 aliphatic rings. The highest BCUT2D eigenvalue weighted by molar-refractivity contribution is 5.76. The van der Waals surface area contributed by atoms with Crippen LogP contribution in [0, 0.1) is 6.92 Å². The molecule has 2 heteroatoms. The molecule has 10 heavy (non-hydrogen) atoms. The highest BCUT2D eigenvalue weighted by Gasteiger charge is 1.95. The van der Waals surface area contributed by atoms with Crippen molar-refractivity contribution in [3.8, 4) is 0 Å². The zero-order chi connectivity index (χ0) is 6.97. The van der Waals surface area contributed by atoms with Crippen LogP contribution < -0.4 is 0 Å². The van der Waals surface area contributed by atoms with Gasteiger partial charge in [-0.25, -0.2) is 0 Å². The molecule has 0 aliphatic carbocycles. The third kappa shape index (κ3) is 0.692. The molecule has 2 aromatic rings. The zero-order valence-electron chi connectivity index (χ0n) is 5.24. The minimum atomic E-state index is 0.732. The van der Waals surface area contributed by atoms with E-state index in [0.717, 1.165) is 16.5 Å². The van der Waals surface area contributed by atoms with Gasteiger partial charge < -0.3 is 4.52 Å². The van der Waals surface area contributed by atoms with Crippen molar-refractivity contribution >= 4 is 11.0 Å². The Morgan fingerprint density at radius 1 is 1.40 bits per heavy atom. The summed E-state index contributed by atoms with van der Waals surface area (Å²) in [7, 11) is 0. The number of nitrogens with zero attached hydrogens (tertiary/aromatic N) is 1. The number of hydrogen-bond acceptors (Lipinski definition) is 2. The normalized spacial score (nSPS) is 10.5. The number of hydrogen-bond donors (Lipinski definition) is 0. The Hall–Kier alpha value is -1.31. The largest absolute Gasteiger partial charge is 0.356 e. The molecule has 0 amide bonds. The Kier molecular flexibility index (Phi) is 1.01. The van der Waals surface area contributed by atoms with E-state index in [1.165, 1.54) is 0 Å². The predicted molar refractivity (Wildman–Crippen MR) is 37.4 cm³/mol. The van der Waals surface area contributed by atoms with Crippen molar-refractivity contribution in [1.82, 2.24) is 5.16 Å². The van der Waals surface area contributed by atoms with Crippen LogP contribution in [0.4, 0.5) is 0 Å². The van der Waals surface area contributed by atoms with Gasteiger partial charge in [0.2, 0.25) is 0 Å². The van der Waals surface area contributed by atoms with Crippen LogP contribution in [0.15, 0.2) is 28.9 Å². The first-order valence-corrected chi connectivity index (χ1v) is 2.96. The smallest absolute Gasteiger partial charge is 0.166 e. The van der Waals surface area contributed by atoms with Crippen molar-refractivity contribution in [3.05, 3.63) is 36.9 Å². The number of aromatic nitrogens is 1. The zero-order valence-corrected chi connectivity index (χ0v) is 5.24. The third-order valence-corrected chi connectivity index (χ3v) is 1.38. The Morgan fingerprint density at radius 2 is 2.30 bits per heavy atom. The van der Waals surface area contributed by atoms with E-state index in [1.807, 2.05) is 6.07 Å². The van der Waals surface area contributed by atoms with Crippen molar-refractivity contribution in [2.75, 3.05) is 0 Å². The average molecular weight is 131 g/mol. The molecule has 1 aromatic carbocycles. The second-order valence-electron chi connectivity index (χ2n) is 2.12. The second kappa shape index (κ2) is 1.84. The van der Waals surface area contributed by atoms with Crippen LogP contribution in [-0.2, 0) is 0 Å². The first-order valence-electron chi connectivity index (χ1n) is 2.96. The first kappa shape index (κ1) is 5.47. The van der Waals surface area contributed by atoms with Crippen LogP contribution in [0.2, 0.25) is 0 Å². The molecule has 0 spiro atoms. The molecule has 0 N–H and O–H groups in total. The SMILES string of the molecule is [CH]c1ccc2oncc2c1. The molecule has 2 radical (unpaired) electrons. The summed E-state index contributed by atoms with van der Waals surface area (Å²) in [5.41, 5.74) is 1.50. The number of benzene rings is 1. The van der Waals surface area contributed by atoms with Gasteiger partial charge in [-0.3, -0.25) is 0 Å². The summed E-state index contributed by atoms with van der Waals surface area (Å²) in [5.74, 6) is 0. The Bertz CT molecular complexity index is 351. The van der Waals surface area contributed by atoms with Crippen LogP contribution >= 0.6 is 0 Å². The topological polar surface area (TPSA) is 26.0 Å². The molecule has 1 heterocycles. The summed E-state index contributed by atoms with van der Waals surface area (Å²) < 4.78 is 4.87. The van der Waals surface area contributed by atoms with Crippen LogP contribution in [0.1, 0.15) is 5.56 Å². The van der Waals surface area contributed by atoms with E-state index in [-0.39, 0.29) is 0 Å². The minimum Gasteiger partial charge on any atom is -0.356 e. The summed E-state index contributed by atoms with van der Waals surface area (Å²) >= 11 is 0. The molecule has 2 rings (SSSR count). The summed E-state index contributed by atoms with van der Waals surface area (Å²) in [5, 5.41) is 4.56. The Balaban J connectivity index is 2.86. The van der Waals surface area contributed by atoms with E-state index in [9.17, 15) is 0 Å². The van der Waals surface area contributed by atoms with Gasteiger partial charge in [-0.1, -0.05) is 11.2 Å². The lowest BCUT2D eigenvalue weighted by Crippen LogP contribution is -1.67. The van der Waals surface area contributed by atoms with E-state index in [4.69, 9.17) is 11.4 Å². The Labute approximate surface area is 58.4 Å². The van der Waals surface area contributed by atoms with Gasteiger partial charge in [-0.05, 0) is 24.6 Å². The van der Waals surface area contributed by atoms with Crippen LogP contribution in [-0.4, -0.2) is 5.16 Å². The lowest BCUT2D eigenvalue weighted by Gasteiger charge is -1.87. The van der Waals surface area contributed by atoms with Crippen LogP contribution in [0.3, 0.4) is 0 Å². The van der Waals surface area contributed by atoms with Crippen LogP contribution in [0.25, 0.3) is 11.0 Å². The van der Waals surface area contributed by atoms with Crippen molar-refractivity contribution in [2.45, 2.75) is 0 Å². The predicted octanol–water partition coefficient (Wildman–Crippen LogP) is 1.89. The maximum Gasteiger partial charge on any atom is 0.166 e. The molecule has 1 aromatic heterocycles. The molecule has 48 valence electrons. The summed E-state index contributed by atoms with van der Waals surface area (Å²) in [6.45, 7) is 5.51. The lowest BCUT2D eigenvalue weighted by atomic mass is 10.2. The molecule has 0 saturated heterocycles. The van der Waals surface area contributed by atoms with E-state index in [1.54, 1.807) is 18.3 Å². The van der Waals surface area contributed by atoms with Gasteiger partial charge in [0.05, 0.1) is 6.20 Å². The minimum absolute atomic E-state index is 0.732. The highest BCUT2D eigenvalue weighted by Crippen LogP contribution is 2.13. The highest BCUT2D eigenvalue weighted by atomic mass is 16.5. The fourth-order valence-corrected chi connectivity index (χ4v) is 0.891. The van der Waals surface area contributed by atoms with E-state index < -0.39 is 0 Å². The monoisotopic (exact) mass is 131 g/mol. The maximum atomic E-state index is 5.51. The first-order chi connectivity index (χ1) is 4.86. The van der Waals surface area contributed by atoms with E-state index >= 15 is 0 Å². The van der Waals surface area contributed by atoms with Crippen molar-refractivity contribution in [3.63, 3.8) is 0 Å². The summed E-state index contributed by atoms with van der Waals surface area (Å²) in [6, 6.07) is 5.41. The van der Waals surface area contributed by atoms with Gasteiger partial charge in [0.25, 0.3) is 0 Å². The summed E-state index contributed by atoms with van der Waals surface area (Å²) in [4.78, 5) is 0. The second-order valence-corrected chi connectivity index (χ2v) is 2.12. The molecule has 0 saturated carbocycles. The van der Waals surface area contributed by atoms with E-state index in [2.05, 4.69) is 5.16 Å². The van der Waals surface area contributed by atoms with Gasteiger partial charge in [0, 0.05) is 5.39 Å². The molecular formula is C8H5NO. The lowest BCUT2D eigenvalue weighted by molar-refractivity contribution is 0.456. The van der Waals surface area contributed by atoms with Crippen molar-refractivity contribution in [2.24, 2.45) is 0 Å². The van der Waals surface area contributed by atoms with Crippen LogP contribution in [0.5, 0.6) is 0 Å². The maximum absolute atomic E-state index is 5.51. The molecular weight excluding hydrogens is 126 g/mol. The van der Waals surface area contributed by atoms with Crippen molar-refractivity contribution in [1.29, 1.82) is 0 Å². The standard InChI is InChI=1S/C8H5NO/c1-6-2-3-8-7(4-6)5-9-10-8/h1-5H. The molecule has 2 nitrogen and oxygen atoms in total. The van der Waals surface area contributed by atoms with Gasteiger partial charge in [0.15, 0.2) is 5.58 Å². The number of rotatable bonds is 0. The van der Waals surface area contributed by atoms with Gasteiger partial charge in [-0.15, -0.1) is 0 Å². The van der Waals surface area contributed by atoms with Gasteiger partial charge >= 0.3 is 0 Å². The van der Waals surface area contributed by atoms with Gasteiger partial charge in [0.1, 0.15) is 0 Å². The van der Waals surface area contributed by atoms with Gasteiger partial charge in [-0.2, -0.15) is 0 Å². The van der Waals surface area contributed by atoms with Crippen molar-refractivity contribution < 1.29 is 4.52 Å². The fourth-order valence-electron chi connectivity index (χ4n) is 0.891. The molecule has 0 unspecified atom stereocenters. The molecule has 0 fully saturated rings. The Morgan fingerprint density at radius 3 is 3.20 bits per heavy atom. The molecule has 0 atom stereocenters. The quantitative estimate of drug-likeness (QED) is 0.545. The fraction of sp³-hybridized carbons (Fsp3) is 0. The summed E-state index contributed by atoms with van der Waals surface area (Å²) in [6.07, 6.45) is 1.64. The van der Waals surface area contributed by atoms with E-state index in [0.29, 0.717) is 0 Å².